The Morgan fingerprint density at radius 1 is 1.12 bits per heavy atom. The van der Waals surface area contributed by atoms with Crippen LogP contribution >= 0.6 is 11.6 Å². The van der Waals surface area contributed by atoms with Gasteiger partial charge >= 0.3 is 6.18 Å². The first-order chi connectivity index (χ1) is 15.5. The largest absolute Gasteiger partial charge is 0.433 e. The van der Waals surface area contributed by atoms with Crippen molar-refractivity contribution in [2.45, 2.75) is 17.5 Å². The number of nitrogens with zero attached hydrogens (tertiary/aromatic N) is 3. The molecule has 0 fully saturated rings. The molecule has 4 rings (SSSR count). The molecule has 0 aliphatic carbocycles. The molecule has 172 valence electrons. The van der Waals surface area contributed by atoms with E-state index in [1.165, 1.54) is 28.6 Å². The molecule has 2 aromatic carbocycles. The van der Waals surface area contributed by atoms with E-state index in [1.54, 1.807) is 18.2 Å². The summed E-state index contributed by atoms with van der Waals surface area (Å²) in [5, 5.41) is 11.7. The van der Waals surface area contributed by atoms with Crippen molar-refractivity contribution in [2.24, 2.45) is 10.9 Å². The van der Waals surface area contributed by atoms with Crippen LogP contribution in [0.25, 0.3) is 11.1 Å². The summed E-state index contributed by atoms with van der Waals surface area (Å²) in [5.41, 5.74) is 7.04. The molecule has 0 saturated heterocycles. The number of alkyl halides is 3. The van der Waals surface area contributed by atoms with Gasteiger partial charge in [0, 0.05) is 23.9 Å². The van der Waals surface area contributed by atoms with Crippen molar-refractivity contribution >= 4 is 33.1 Å². The van der Waals surface area contributed by atoms with Crippen LogP contribution in [0.5, 0.6) is 0 Å². The highest BCUT2D eigenvalue weighted by Crippen LogP contribution is 2.37. The first kappa shape index (κ1) is 22.9. The van der Waals surface area contributed by atoms with Gasteiger partial charge in [-0.15, -0.1) is 0 Å². The van der Waals surface area contributed by atoms with Gasteiger partial charge in [-0.05, 0) is 53.9 Å². The van der Waals surface area contributed by atoms with Crippen LogP contribution < -0.4 is 10.0 Å². The highest BCUT2D eigenvalue weighted by atomic mass is 35.5. The first-order valence-corrected chi connectivity index (χ1v) is 11.3. The van der Waals surface area contributed by atoms with Crippen molar-refractivity contribution in [1.82, 2.24) is 4.98 Å². The number of amidine groups is 1. The topological polar surface area (TPSA) is 109 Å². The quantitative estimate of drug-likeness (QED) is 0.243. The zero-order valence-corrected chi connectivity index (χ0v) is 18.3. The fourth-order valence-corrected chi connectivity index (χ4v) is 5.45. The first-order valence-electron chi connectivity index (χ1n) is 9.49. The Balaban J connectivity index is 1.64. The van der Waals surface area contributed by atoms with Gasteiger partial charge in [-0.2, -0.15) is 13.2 Å². The lowest BCUT2D eigenvalue weighted by atomic mass is 10.0. The van der Waals surface area contributed by atoms with Crippen LogP contribution in [0.3, 0.4) is 0 Å². The number of benzene rings is 2. The molecular weight excluding hydrogens is 481 g/mol. The van der Waals surface area contributed by atoms with Crippen LogP contribution in [0.2, 0.25) is 5.02 Å². The van der Waals surface area contributed by atoms with Crippen LogP contribution in [-0.4, -0.2) is 31.0 Å². The molecule has 0 saturated carbocycles. The molecule has 0 radical (unpaired) electrons. The summed E-state index contributed by atoms with van der Waals surface area (Å²) >= 11 is 6.11. The standard InChI is InChI=1S/C21H16ClF3N4O3S/c22-17-10-15(3-4-16(17)20(26)28-30)33(31,32)29-8-7-13-9-12(1-5-18(13)29)14-2-6-19(27-11-14)21(23,24)25/h1-6,9-11,30H,7-8H2,(H2,26,28). The van der Waals surface area contributed by atoms with E-state index >= 15 is 0 Å². The van der Waals surface area contributed by atoms with Crippen LogP contribution in [-0.2, 0) is 22.6 Å². The summed E-state index contributed by atoms with van der Waals surface area (Å²) in [6.07, 6.45) is -2.96. The van der Waals surface area contributed by atoms with Gasteiger partial charge in [0.1, 0.15) is 5.69 Å². The van der Waals surface area contributed by atoms with Gasteiger partial charge in [0.25, 0.3) is 10.0 Å². The van der Waals surface area contributed by atoms with Crippen molar-refractivity contribution < 1.29 is 26.8 Å². The van der Waals surface area contributed by atoms with Gasteiger partial charge in [0.15, 0.2) is 5.84 Å². The Bertz CT molecular complexity index is 1360. The van der Waals surface area contributed by atoms with Crippen molar-refractivity contribution in [1.29, 1.82) is 0 Å². The van der Waals surface area contributed by atoms with Gasteiger partial charge in [0.05, 0.1) is 15.6 Å². The minimum absolute atomic E-state index is 0.0101. The average molecular weight is 497 g/mol. The van der Waals surface area contributed by atoms with E-state index in [2.05, 4.69) is 10.1 Å². The summed E-state index contributed by atoms with van der Waals surface area (Å²) in [6.45, 7) is 0.186. The third-order valence-corrected chi connectivity index (χ3v) is 7.35. The Hall–Kier alpha value is -3.31. The minimum atomic E-state index is -4.52. The summed E-state index contributed by atoms with van der Waals surface area (Å²) in [4.78, 5) is 3.41. The molecule has 0 amide bonds. The summed E-state index contributed by atoms with van der Waals surface area (Å²) in [5.74, 6) is -0.249. The van der Waals surface area contributed by atoms with Crippen molar-refractivity contribution in [3.05, 3.63) is 76.6 Å². The zero-order chi connectivity index (χ0) is 24.0. The molecule has 3 aromatic rings. The molecule has 3 N–H and O–H groups in total. The molecule has 12 heteroatoms. The summed E-state index contributed by atoms with van der Waals surface area (Å²) in [6, 6.07) is 11.1. The number of halogens is 4. The Kier molecular flexibility index (Phi) is 5.71. The normalized spacial score (nSPS) is 14.4. The lowest BCUT2D eigenvalue weighted by Gasteiger charge is -2.20. The van der Waals surface area contributed by atoms with E-state index in [0.29, 0.717) is 23.2 Å². The molecule has 33 heavy (non-hydrogen) atoms. The minimum Gasteiger partial charge on any atom is -0.409 e. The molecule has 0 bridgehead atoms. The fraction of sp³-hybridized carbons (Fsp3) is 0.143. The smallest absolute Gasteiger partial charge is 0.409 e. The van der Waals surface area contributed by atoms with Crippen LogP contribution in [0.15, 0.2) is 64.8 Å². The highest BCUT2D eigenvalue weighted by molar-refractivity contribution is 7.92. The van der Waals surface area contributed by atoms with Crippen LogP contribution in [0.1, 0.15) is 16.8 Å². The maximum atomic E-state index is 13.2. The van der Waals surface area contributed by atoms with E-state index in [0.717, 1.165) is 17.8 Å². The van der Waals surface area contributed by atoms with Gasteiger partial charge in [-0.3, -0.25) is 9.29 Å². The highest BCUT2D eigenvalue weighted by Gasteiger charge is 2.33. The van der Waals surface area contributed by atoms with Crippen molar-refractivity contribution in [2.75, 3.05) is 10.8 Å². The molecule has 7 nitrogen and oxygen atoms in total. The van der Waals surface area contributed by atoms with E-state index < -0.39 is 21.9 Å². The monoisotopic (exact) mass is 496 g/mol. The maximum absolute atomic E-state index is 13.2. The average Bonchev–Trinajstić information content (AvgIpc) is 3.22. The van der Waals surface area contributed by atoms with Crippen LogP contribution in [0.4, 0.5) is 18.9 Å². The molecule has 1 aliphatic rings. The predicted molar refractivity (Wildman–Crippen MR) is 117 cm³/mol. The van der Waals surface area contributed by atoms with E-state index in [9.17, 15) is 21.6 Å². The van der Waals surface area contributed by atoms with E-state index in [1.807, 2.05) is 0 Å². The number of oxime groups is 1. The molecule has 0 spiro atoms. The molecule has 1 aromatic heterocycles. The van der Waals surface area contributed by atoms with Crippen LogP contribution in [0, 0.1) is 0 Å². The third-order valence-electron chi connectivity index (χ3n) is 5.23. The van der Waals surface area contributed by atoms with E-state index in [4.69, 9.17) is 22.5 Å². The SMILES string of the molecule is N/C(=N\O)c1ccc(S(=O)(=O)N2CCc3cc(-c4ccc(C(F)(F)F)nc4)ccc32)cc1Cl. The molecule has 0 atom stereocenters. The number of pyridine rings is 1. The lowest BCUT2D eigenvalue weighted by molar-refractivity contribution is -0.141. The van der Waals surface area contributed by atoms with Gasteiger partial charge in [-0.1, -0.05) is 28.9 Å². The fourth-order valence-electron chi connectivity index (χ4n) is 3.58. The Morgan fingerprint density at radius 3 is 2.45 bits per heavy atom. The van der Waals surface area contributed by atoms with Gasteiger partial charge < -0.3 is 10.9 Å². The number of sulfonamides is 1. The number of anilines is 1. The Labute approximate surface area is 192 Å². The lowest BCUT2D eigenvalue weighted by Crippen LogP contribution is -2.29. The third kappa shape index (κ3) is 4.21. The van der Waals surface area contributed by atoms with Gasteiger partial charge in [0.2, 0.25) is 0 Å². The van der Waals surface area contributed by atoms with Gasteiger partial charge in [-0.25, -0.2) is 8.42 Å². The molecule has 0 unspecified atom stereocenters. The number of fused-ring (bicyclic) bond motifs is 1. The summed E-state index contributed by atoms with van der Waals surface area (Å²) < 4.78 is 65.9. The number of nitrogens with two attached hydrogens (primary N) is 1. The second kappa shape index (κ2) is 8.23. The molecule has 2 heterocycles. The van der Waals surface area contributed by atoms with Crippen molar-refractivity contribution in [3.8, 4) is 11.1 Å². The molecular formula is C21H16ClF3N4O3S. The second-order valence-corrected chi connectivity index (χ2v) is 9.50. The summed E-state index contributed by atoms with van der Waals surface area (Å²) in [7, 11) is -3.95. The van der Waals surface area contributed by atoms with E-state index in [-0.39, 0.29) is 27.9 Å². The molecule has 1 aliphatic heterocycles. The second-order valence-electron chi connectivity index (χ2n) is 7.23. The number of hydrogen-bond acceptors (Lipinski definition) is 5. The maximum Gasteiger partial charge on any atom is 0.433 e. The Morgan fingerprint density at radius 2 is 1.85 bits per heavy atom. The number of rotatable bonds is 4. The number of aromatic nitrogens is 1. The van der Waals surface area contributed by atoms with Crippen molar-refractivity contribution in [3.63, 3.8) is 0 Å². The number of hydrogen-bond donors (Lipinski definition) is 2. The zero-order valence-electron chi connectivity index (χ0n) is 16.7. The predicted octanol–water partition coefficient (Wildman–Crippen LogP) is 4.27.